The largest absolute Gasteiger partial charge is 0.355 e. The summed E-state index contributed by atoms with van der Waals surface area (Å²) in [5.41, 5.74) is 4.06. The van der Waals surface area contributed by atoms with Gasteiger partial charge in [-0.2, -0.15) is 0 Å². The first-order valence-electron chi connectivity index (χ1n) is 8.59. The number of rotatable bonds is 6. The number of carbonyl (C=O) groups is 3. The fourth-order valence-electron chi connectivity index (χ4n) is 3.13. The van der Waals surface area contributed by atoms with Gasteiger partial charge >= 0.3 is 0 Å². The number of hydrogen-bond donors (Lipinski definition) is 2. The minimum atomic E-state index is -0.159. The molecule has 6 heteroatoms. The van der Waals surface area contributed by atoms with Crippen LogP contribution in [-0.4, -0.2) is 41.6 Å². The summed E-state index contributed by atoms with van der Waals surface area (Å²) in [4.78, 5) is 41.0. The fraction of sp³-hybridized carbons (Fsp3) is 0.350. The minimum Gasteiger partial charge on any atom is -0.355 e. The summed E-state index contributed by atoms with van der Waals surface area (Å²) in [7, 11) is 3.31. The van der Waals surface area contributed by atoms with E-state index in [9.17, 15) is 14.4 Å². The lowest BCUT2D eigenvalue weighted by Gasteiger charge is -2.18. The van der Waals surface area contributed by atoms with E-state index >= 15 is 0 Å². The highest BCUT2D eigenvalue weighted by molar-refractivity contribution is 6.02. The Kier molecular flexibility index (Phi) is 5.97. The van der Waals surface area contributed by atoms with Gasteiger partial charge in [-0.25, -0.2) is 0 Å². The smallest absolute Gasteiger partial charge is 0.270 e. The lowest BCUT2D eigenvalue weighted by atomic mass is 10.0. The third-order valence-electron chi connectivity index (χ3n) is 4.42. The normalized spacial score (nSPS) is 10.5. The van der Waals surface area contributed by atoms with Crippen molar-refractivity contribution in [2.24, 2.45) is 0 Å². The molecule has 1 aromatic carbocycles. The van der Waals surface area contributed by atoms with E-state index in [0.717, 1.165) is 16.8 Å². The van der Waals surface area contributed by atoms with Crippen LogP contribution in [0.1, 0.15) is 61.9 Å². The Balaban J connectivity index is 2.21. The van der Waals surface area contributed by atoms with Crippen molar-refractivity contribution in [2.45, 2.75) is 33.7 Å². The van der Waals surface area contributed by atoms with Gasteiger partial charge in [-0.1, -0.05) is 19.1 Å². The number of ketones is 1. The van der Waals surface area contributed by atoms with Crippen LogP contribution in [0.2, 0.25) is 0 Å². The van der Waals surface area contributed by atoms with Gasteiger partial charge in [0.15, 0.2) is 5.78 Å². The Morgan fingerprint density at radius 3 is 2.27 bits per heavy atom. The molecule has 0 saturated carbocycles. The first-order valence-corrected chi connectivity index (χ1v) is 8.59. The maximum absolute atomic E-state index is 12.9. The zero-order valence-electron chi connectivity index (χ0n) is 15.9. The average molecular weight is 355 g/mol. The highest BCUT2D eigenvalue weighted by atomic mass is 16.2. The van der Waals surface area contributed by atoms with Gasteiger partial charge in [0, 0.05) is 37.5 Å². The Hall–Kier alpha value is -2.89. The Morgan fingerprint density at radius 1 is 1.15 bits per heavy atom. The van der Waals surface area contributed by atoms with Crippen molar-refractivity contribution in [3.05, 3.63) is 57.9 Å². The highest BCUT2D eigenvalue weighted by Gasteiger charge is 2.23. The van der Waals surface area contributed by atoms with Crippen LogP contribution in [0, 0.1) is 6.92 Å². The molecule has 0 aliphatic rings. The number of aryl methyl sites for hydroxylation is 1. The van der Waals surface area contributed by atoms with E-state index in [-0.39, 0.29) is 17.6 Å². The standard InChI is InChI=1S/C20H25N3O3/c1-6-16-17(13(3)24)12(2)22-18(16)20(26)23(5)11-14-7-9-15(10-8-14)19(25)21-4/h7-10,22H,6,11H2,1-5H3,(H,21,25). The number of hydrogen-bond acceptors (Lipinski definition) is 3. The Bertz CT molecular complexity index is 835. The molecular formula is C20H25N3O3. The van der Waals surface area contributed by atoms with Gasteiger partial charge in [0.25, 0.3) is 11.8 Å². The molecule has 6 nitrogen and oxygen atoms in total. The van der Waals surface area contributed by atoms with Crippen LogP contribution in [0.3, 0.4) is 0 Å². The number of benzene rings is 1. The number of carbonyl (C=O) groups excluding carboxylic acids is 3. The second-order valence-corrected chi connectivity index (χ2v) is 6.33. The van der Waals surface area contributed by atoms with Crippen molar-refractivity contribution in [3.8, 4) is 0 Å². The van der Waals surface area contributed by atoms with E-state index in [1.165, 1.54) is 6.92 Å². The molecule has 26 heavy (non-hydrogen) atoms. The molecule has 2 amide bonds. The molecule has 138 valence electrons. The topological polar surface area (TPSA) is 82.3 Å². The molecule has 0 radical (unpaired) electrons. The lowest BCUT2D eigenvalue weighted by Crippen LogP contribution is -2.27. The summed E-state index contributed by atoms with van der Waals surface area (Å²) < 4.78 is 0. The van der Waals surface area contributed by atoms with Gasteiger partial charge in [-0.05, 0) is 43.5 Å². The van der Waals surface area contributed by atoms with Crippen molar-refractivity contribution in [3.63, 3.8) is 0 Å². The average Bonchev–Trinajstić information content (AvgIpc) is 2.97. The van der Waals surface area contributed by atoms with Crippen molar-refractivity contribution in [1.29, 1.82) is 0 Å². The predicted molar refractivity (Wildman–Crippen MR) is 101 cm³/mol. The van der Waals surface area contributed by atoms with Gasteiger partial charge in [-0.3, -0.25) is 14.4 Å². The molecule has 2 rings (SSSR count). The van der Waals surface area contributed by atoms with E-state index in [1.54, 1.807) is 31.1 Å². The summed E-state index contributed by atoms with van der Waals surface area (Å²) in [6.45, 7) is 5.66. The molecule has 2 aromatic rings. The molecule has 0 bridgehead atoms. The third kappa shape index (κ3) is 3.85. The maximum Gasteiger partial charge on any atom is 0.270 e. The van der Waals surface area contributed by atoms with Crippen molar-refractivity contribution < 1.29 is 14.4 Å². The minimum absolute atomic E-state index is 0.0397. The lowest BCUT2D eigenvalue weighted by molar-refractivity contribution is 0.0778. The summed E-state index contributed by atoms with van der Waals surface area (Å²) in [6, 6.07) is 7.12. The van der Waals surface area contributed by atoms with Crippen LogP contribution in [0.25, 0.3) is 0 Å². The second kappa shape index (κ2) is 7.99. The molecular weight excluding hydrogens is 330 g/mol. The van der Waals surface area contributed by atoms with Crippen LogP contribution < -0.4 is 5.32 Å². The first kappa shape index (κ1) is 19.4. The predicted octanol–water partition coefficient (Wildman–Crippen LogP) is 2.72. The fourth-order valence-corrected chi connectivity index (χ4v) is 3.13. The SMILES string of the molecule is CCc1c(C(=O)N(C)Cc2ccc(C(=O)NC)cc2)[nH]c(C)c1C(C)=O. The third-order valence-corrected chi connectivity index (χ3v) is 4.42. The molecule has 0 aliphatic carbocycles. The van der Waals surface area contributed by atoms with Crippen LogP contribution in [-0.2, 0) is 13.0 Å². The number of Topliss-reactive ketones (excluding diaryl/α,β-unsaturated/α-hetero) is 1. The molecule has 0 fully saturated rings. The van der Waals surface area contributed by atoms with Crippen LogP contribution in [0.5, 0.6) is 0 Å². The molecule has 0 aliphatic heterocycles. The summed E-state index contributed by atoms with van der Waals surface area (Å²) in [6.07, 6.45) is 0.606. The molecule has 0 atom stereocenters. The van der Waals surface area contributed by atoms with Crippen molar-refractivity contribution in [2.75, 3.05) is 14.1 Å². The van der Waals surface area contributed by atoms with Gasteiger partial charge < -0.3 is 15.2 Å². The Labute approximate surface area is 153 Å². The number of amides is 2. The summed E-state index contributed by atoms with van der Waals surface area (Å²) in [5.74, 6) is -0.345. The van der Waals surface area contributed by atoms with E-state index in [0.29, 0.717) is 29.8 Å². The van der Waals surface area contributed by atoms with E-state index in [1.807, 2.05) is 26.0 Å². The van der Waals surface area contributed by atoms with Crippen molar-refractivity contribution in [1.82, 2.24) is 15.2 Å². The number of aromatic nitrogens is 1. The van der Waals surface area contributed by atoms with Crippen LogP contribution in [0.4, 0.5) is 0 Å². The summed E-state index contributed by atoms with van der Waals surface area (Å²) >= 11 is 0. The van der Waals surface area contributed by atoms with Crippen molar-refractivity contribution >= 4 is 17.6 Å². The van der Waals surface area contributed by atoms with Gasteiger partial charge in [0.2, 0.25) is 0 Å². The quantitative estimate of drug-likeness (QED) is 0.782. The van der Waals surface area contributed by atoms with Gasteiger partial charge in [0.05, 0.1) is 0 Å². The van der Waals surface area contributed by atoms with Gasteiger partial charge in [0.1, 0.15) is 5.69 Å². The molecule has 1 aromatic heterocycles. The highest BCUT2D eigenvalue weighted by Crippen LogP contribution is 2.22. The number of aromatic amines is 1. The molecule has 0 saturated heterocycles. The monoisotopic (exact) mass is 355 g/mol. The second-order valence-electron chi connectivity index (χ2n) is 6.33. The molecule has 0 unspecified atom stereocenters. The van der Waals surface area contributed by atoms with E-state index in [2.05, 4.69) is 10.3 Å². The number of H-pyrrole nitrogens is 1. The molecule has 2 N–H and O–H groups in total. The molecule has 0 spiro atoms. The van der Waals surface area contributed by atoms with Gasteiger partial charge in [-0.15, -0.1) is 0 Å². The van der Waals surface area contributed by atoms with E-state index < -0.39 is 0 Å². The summed E-state index contributed by atoms with van der Waals surface area (Å²) in [5, 5.41) is 2.58. The number of nitrogens with one attached hydrogen (secondary N) is 2. The first-order chi connectivity index (χ1) is 12.3. The maximum atomic E-state index is 12.9. The van der Waals surface area contributed by atoms with E-state index in [4.69, 9.17) is 0 Å². The zero-order chi connectivity index (χ0) is 19.4. The zero-order valence-corrected chi connectivity index (χ0v) is 15.9. The van der Waals surface area contributed by atoms with Crippen LogP contribution in [0.15, 0.2) is 24.3 Å². The molecule has 1 heterocycles. The number of nitrogens with zero attached hydrogens (tertiary/aromatic N) is 1. The van der Waals surface area contributed by atoms with Crippen LogP contribution >= 0.6 is 0 Å². The Morgan fingerprint density at radius 2 is 1.77 bits per heavy atom.